The molecule has 0 saturated carbocycles. The molecule has 0 saturated heterocycles. The average molecular weight is 181 g/mol. The van der Waals surface area contributed by atoms with Crippen LogP contribution in [0.5, 0.6) is 0 Å². The predicted octanol–water partition coefficient (Wildman–Crippen LogP) is 0.847. The monoisotopic (exact) mass is 181 g/mol. The lowest BCUT2D eigenvalue weighted by atomic mass is 10.1. The molecule has 0 aliphatic heterocycles. The van der Waals surface area contributed by atoms with Crippen molar-refractivity contribution >= 4 is 11.5 Å². The van der Waals surface area contributed by atoms with Gasteiger partial charge in [-0.1, -0.05) is 0 Å². The lowest BCUT2D eigenvalue weighted by molar-refractivity contribution is 0.234. The van der Waals surface area contributed by atoms with Gasteiger partial charge in [-0.3, -0.25) is 0 Å². The highest BCUT2D eigenvalue weighted by molar-refractivity contribution is 5.49. The Hall–Kier alpha value is -1.29. The van der Waals surface area contributed by atoms with Gasteiger partial charge in [0.05, 0.1) is 12.1 Å². The number of aliphatic hydroxyl groups is 1. The second kappa shape index (κ2) is 3.62. The van der Waals surface area contributed by atoms with E-state index in [9.17, 15) is 0 Å². The molecule has 0 amide bonds. The zero-order valence-corrected chi connectivity index (χ0v) is 7.91. The van der Waals surface area contributed by atoms with Crippen molar-refractivity contribution in [3.05, 3.63) is 18.3 Å². The SMILES string of the molecule is CC(C)(CO)Nc1cc(N)ccn1. The first kappa shape index (κ1) is 9.80. The lowest BCUT2D eigenvalue weighted by Crippen LogP contribution is -2.35. The maximum atomic E-state index is 9.00. The van der Waals surface area contributed by atoms with E-state index in [2.05, 4.69) is 10.3 Å². The zero-order chi connectivity index (χ0) is 9.90. The third-order valence-electron chi connectivity index (χ3n) is 1.65. The summed E-state index contributed by atoms with van der Waals surface area (Å²) in [6.07, 6.45) is 1.63. The van der Waals surface area contributed by atoms with Gasteiger partial charge in [0.15, 0.2) is 0 Å². The Bertz CT molecular complexity index is 286. The summed E-state index contributed by atoms with van der Waals surface area (Å²) < 4.78 is 0. The summed E-state index contributed by atoms with van der Waals surface area (Å²) in [5.74, 6) is 0.680. The first-order chi connectivity index (χ1) is 6.03. The summed E-state index contributed by atoms with van der Waals surface area (Å²) in [6, 6.07) is 3.45. The Morgan fingerprint density at radius 1 is 1.62 bits per heavy atom. The number of nitrogens with two attached hydrogens (primary N) is 1. The summed E-state index contributed by atoms with van der Waals surface area (Å²) in [4.78, 5) is 4.07. The van der Waals surface area contributed by atoms with Crippen LogP contribution in [-0.2, 0) is 0 Å². The summed E-state index contributed by atoms with van der Waals surface area (Å²) in [5, 5.41) is 12.1. The van der Waals surface area contributed by atoms with Gasteiger partial charge in [-0.15, -0.1) is 0 Å². The van der Waals surface area contributed by atoms with Gasteiger partial charge in [-0.05, 0) is 19.9 Å². The largest absolute Gasteiger partial charge is 0.399 e. The summed E-state index contributed by atoms with van der Waals surface area (Å²) in [7, 11) is 0. The van der Waals surface area contributed by atoms with Gasteiger partial charge >= 0.3 is 0 Å². The molecule has 0 fully saturated rings. The van der Waals surface area contributed by atoms with Gasteiger partial charge in [-0.25, -0.2) is 4.98 Å². The number of nitrogen functional groups attached to an aromatic ring is 1. The number of aliphatic hydroxyl groups excluding tert-OH is 1. The molecule has 1 heterocycles. The van der Waals surface area contributed by atoms with Crippen LogP contribution in [0.15, 0.2) is 18.3 Å². The Balaban J connectivity index is 2.74. The van der Waals surface area contributed by atoms with Crippen LogP contribution in [0.1, 0.15) is 13.8 Å². The smallest absolute Gasteiger partial charge is 0.128 e. The molecule has 4 nitrogen and oxygen atoms in total. The van der Waals surface area contributed by atoms with E-state index >= 15 is 0 Å². The third kappa shape index (κ3) is 2.91. The van der Waals surface area contributed by atoms with Gasteiger partial charge in [-0.2, -0.15) is 0 Å². The number of rotatable bonds is 3. The summed E-state index contributed by atoms with van der Waals surface area (Å²) >= 11 is 0. The minimum Gasteiger partial charge on any atom is -0.399 e. The van der Waals surface area contributed by atoms with Gasteiger partial charge < -0.3 is 16.2 Å². The fourth-order valence-corrected chi connectivity index (χ4v) is 0.901. The molecule has 0 bridgehead atoms. The van der Waals surface area contributed by atoms with E-state index in [0.29, 0.717) is 11.5 Å². The van der Waals surface area contributed by atoms with Crippen LogP contribution in [0.3, 0.4) is 0 Å². The van der Waals surface area contributed by atoms with Crippen molar-refractivity contribution in [1.82, 2.24) is 4.98 Å². The van der Waals surface area contributed by atoms with Crippen LogP contribution in [-0.4, -0.2) is 22.2 Å². The van der Waals surface area contributed by atoms with Crippen LogP contribution >= 0.6 is 0 Å². The normalized spacial score (nSPS) is 11.3. The number of aromatic nitrogens is 1. The zero-order valence-electron chi connectivity index (χ0n) is 7.91. The molecule has 1 aromatic heterocycles. The van der Waals surface area contributed by atoms with Crippen LogP contribution in [0.25, 0.3) is 0 Å². The highest BCUT2D eigenvalue weighted by Gasteiger charge is 2.15. The van der Waals surface area contributed by atoms with Crippen molar-refractivity contribution in [2.45, 2.75) is 19.4 Å². The fraction of sp³-hybridized carbons (Fsp3) is 0.444. The van der Waals surface area contributed by atoms with Gasteiger partial charge in [0, 0.05) is 18.0 Å². The molecular weight excluding hydrogens is 166 g/mol. The second-order valence-electron chi connectivity index (χ2n) is 3.64. The maximum Gasteiger partial charge on any atom is 0.128 e. The number of pyridine rings is 1. The van der Waals surface area contributed by atoms with Crippen molar-refractivity contribution < 1.29 is 5.11 Å². The van der Waals surface area contributed by atoms with Crippen molar-refractivity contribution in [2.24, 2.45) is 0 Å². The molecule has 1 aromatic rings. The van der Waals surface area contributed by atoms with Crippen LogP contribution < -0.4 is 11.1 Å². The molecule has 1 rings (SSSR count). The molecule has 0 radical (unpaired) electrons. The number of anilines is 2. The van der Waals surface area contributed by atoms with Crippen LogP contribution in [0, 0.1) is 0 Å². The van der Waals surface area contributed by atoms with E-state index in [1.165, 1.54) is 0 Å². The maximum absolute atomic E-state index is 9.00. The average Bonchev–Trinajstić information content (AvgIpc) is 2.03. The summed E-state index contributed by atoms with van der Waals surface area (Å²) in [5.41, 5.74) is 5.86. The lowest BCUT2D eigenvalue weighted by Gasteiger charge is -2.24. The fourth-order valence-electron chi connectivity index (χ4n) is 0.901. The minimum atomic E-state index is -0.374. The van der Waals surface area contributed by atoms with Crippen LogP contribution in [0.2, 0.25) is 0 Å². The van der Waals surface area contributed by atoms with Crippen molar-refractivity contribution in [2.75, 3.05) is 17.7 Å². The topological polar surface area (TPSA) is 71.2 Å². The number of hydrogen-bond donors (Lipinski definition) is 3. The first-order valence-electron chi connectivity index (χ1n) is 4.14. The standard InChI is InChI=1S/C9H15N3O/c1-9(2,6-13)12-8-5-7(10)3-4-11-8/h3-5,13H,6H2,1-2H3,(H3,10,11,12). The number of nitrogens with one attached hydrogen (secondary N) is 1. The Morgan fingerprint density at radius 2 is 2.31 bits per heavy atom. The van der Waals surface area contributed by atoms with Crippen molar-refractivity contribution in [3.63, 3.8) is 0 Å². The molecule has 4 N–H and O–H groups in total. The Labute approximate surface area is 77.8 Å². The highest BCUT2D eigenvalue weighted by Crippen LogP contribution is 2.13. The molecule has 0 atom stereocenters. The van der Waals surface area contributed by atoms with Crippen molar-refractivity contribution in [1.29, 1.82) is 0 Å². The second-order valence-corrected chi connectivity index (χ2v) is 3.64. The molecular formula is C9H15N3O. The van der Waals surface area contributed by atoms with Gasteiger partial charge in [0.1, 0.15) is 5.82 Å². The predicted molar refractivity (Wildman–Crippen MR) is 53.4 cm³/mol. The molecule has 0 aliphatic carbocycles. The quantitative estimate of drug-likeness (QED) is 0.646. The molecule has 0 unspecified atom stereocenters. The molecule has 0 aromatic carbocycles. The van der Waals surface area contributed by atoms with Gasteiger partial charge in [0.2, 0.25) is 0 Å². The van der Waals surface area contributed by atoms with E-state index in [1.54, 1.807) is 18.3 Å². The van der Waals surface area contributed by atoms with E-state index in [-0.39, 0.29) is 12.1 Å². The molecule has 0 spiro atoms. The molecule has 13 heavy (non-hydrogen) atoms. The molecule has 4 heteroatoms. The first-order valence-corrected chi connectivity index (χ1v) is 4.14. The summed E-state index contributed by atoms with van der Waals surface area (Å²) in [6.45, 7) is 3.82. The van der Waals surface area contributed by atoms with E-state index in [1.807, 2.05) is 13.8 Å². The van der Waals surface area contributed by atoms with E-state index in [0.717, 1.165) is 0 Å². The molecule has 72 valence electrons. The Morgan fingerprint density at radius 3 is 2.85 bits per heavy atom. The Kier molecular flexibility index (Phi) is 2.72. The third-order valence-corrected chi connectivity index (χ3v) is 1.65. The number of hydrogen-bond acceptors (Lipinski definition) is 4. The highest BCUT2D eigenvalue weighted by atomic mass is 16.3. The number of nitrogens with zero attached hydrogens (tertiary/aromatic N) is 1. The van der Waals surface area contributed by atoms with Crippen molar-refractivity contribution in [3.8, 4) is 0 Å². The van der Waals surface area contributed by atoms with E-state index < -0.39 is 0 Å². The van der Waals surface area contributed by atoms with E-state index in [4.69, 9.17) is 10.8 Å². The van der Waals surface area contributed by atoms with Gasteiger partial charge in [0.25, 0.3) is 0 Å². The van der Waals surface area contributed by atoms with Crippen LogP contribution in [0.4, 0.5) is 11.5 Å². The molecule has 0 aliphatic rings. The minimum absolute atomic E-state index is 0.0451.